The molecule has 1 heterocycles. The van der Waals surface area contributed by atoms with Gasteiger partial charge < -0.3 is 9.84 Å². The number of aryl methyl sites for hydroxylation is 1. The molecule has 0 radical (unpaired) electrons. The number of ether oxygens (including phenoxy) is 1. The van der Waals surface area contributed by atoms with Crippen LogP contribution in [0.25, 0.3) is 0 Å². The summed E-state index contributed by atoms with van der Waals surface area (Å²) >= 11 is 1.48. The first-order chi connectivity index (χ1) is 10.0. The molecule has 0 saturated carbocycles. The zero-order chi connectivity index (χ0) is 15.4. The number of hydrogen-bond donors (Lipinski definition) is 1. The van der Waals surface area contributed by atoms with E-state index in [1.807, 2.05) is 6.92 Å². The van der Waals surface area contributed by atoms with Crippen molar-refractivity contribution in [2.75, 3.05) is 6.61 Å². The van der Waals surface area contributed by atoms with Crippen LogP contribution in [0.4, 0.5) is 5.69 Å². The van der Waals surface area contributed by atoms with Gasteiger partial charge in [0, 0.05) is 11.3 Å². The van der Waals surface area contributed by atoms with Crippen LogP contribution in [-0.2, 0) is 6.42 Å². The summed E-state index contributed by atoms with van der Waals surface area (Å²) < 4.78 is 5.39. The SMILES string of the molecule is Cc1ncsc1CCOc1cccc(C(=O)O)c1[N+](=O)[O-]. The molecule has 1 N–H and O–H groups in total. The second-order valence-electron chi connectivity index (χ2n) is 4.17. The summed E-state index contributed by atoms with van der Waals surface area (Å²) in [5, 5.41) is 20.0. The number of nitro benzene ring substituents is 1. The Balaban J connectivity index is 2.16. The molecule has 0 unspecified atom stereocenters. The number of nitrogens with zero attached hydrogens (tertiary/aromatic N) is 2. The molecule has 0 fully saturated rings. The van der Waals surface area contributed by atoms with E-state index in [0.29, 0.717) is 6.42 Å². The maximum atomic E-state index is 11.0. The number of carbonyl (C=O) groups is 1. The zero-order valence-corrected chi connectivity index (χ0v) is 11.9. The Morgan fingerprint density at radius 1 is 1.52 bits per heavy atom. The summed E-state index contributed by atoms with van der Waals surface area (Å²) in [6, 6.07) is 3.99. The van der Waals surface area contributed by atoms with Gasteiger partial charge in [-0.2, -0.15) is 0 Å². The van der Waals surface area contributed by atoms with E-state index in [1.165, 1.54) is 29.5 Å². The van der Waals surface area contributed by atoms with Crippen molar-refractivity contribution < 1.29 is 19.6 Å². The summed E-state index contributed by atoms with van der Waals surface area (Å²) in [5.41, 5.74) is 1.72. The predicted molar refractivity (Wildman–Crippen MR) is 76.1 cm³/mol. The third-order valence-corrected chi connectivity index (χ3v) is 3.84. The maximum Gasteiger partial charge on any atom is 0.342 e. The molecule has 0 aliphatic rings. The lowest BCUT2D eigenvalue weighted by atomic mass is 10.1. The fourth-order valence-corrected chi connectivity index (χ4v) is 2.58. The van der Waals surface area contributed by atoms with Gasteiger partial charge in [0.25, 0.3) is 0 Å². The molecule has 1 aromatic heterocycles. The normalized spacial score (nSPS) is 10.3. The second-order valence-corrected chi connectivity index (χ2v) is 5.11. The van der Waals surface area contributed by atoms with Gasteiger partial charge >= 0.3 is 11.7 Å². The minimum Gasteiger partial charge on any atom is -0.486 e. The highest BCUT2D eigenvalue weighted by Crippen LogP contribution is 2.31. The molecule has 0 bridgehead atoms. The average Bonchev–Trinajstić information content (AvgIpc) is 2.84. The van der Waals surface area contributed by atoms with E-state index in [9.17, 15) is 14.9 Å². The van der Waals surface area contributed by atoms with Crippen LogP contribution in [-0.4, -0.2) is 27.6 Å². The van der Waals surface area contributed by atoms with Gasteiger partial charge in [0.1, 0.15) is 5.56 Å². The molecular formula is C13H12N2O5S. The number of carboxylic acids is 1. The number of thiazole rings is 1. The van der Waals surface area contributed by atoms with Gasteiger partial charge in [-0.05, 0) is 19.1 Å². The lowest BCUT2D eigenvalue weighted by molar-refractivity contribution is -0.386. The van der Waals surface area contributed by atoms with Crippen molar-refractivity contribution in [2.24, 2.45) is 0 Å². The van der Waals surface area contributed by atoms with E-state index in [0.717, 1.165) is 10.6 Å². The molecule has 0 spiro atoms. The van der Waals surface area contributed by atoms with Crippen LogP contribution in [0.15, 0.2) is 23.7 Å². The lowest BCUT2D eigenvalue weighted by Gasteiger charge is -2.07. The van der Waals surface area contributed by atoms with Crippen LogP contribution >= 0.6 is 11.3 Å². The van der Waals surface area contributed by atoms with E-state index in [-0.39, 0.29) is 17.9 Å². The lowest BCUT2D eigenvalue weighted by Crippen LogP contribution is -2.07. The molecule has 0 aliphatic heterocycles. The molecule has 0 atom stereocenters. The molecule has 1 aromatic carbocycles. The molecule has 2 rings (SSSR count). The minimum absolute atomic E-state index is 0.0398. The Morgan fingerprint density at radius 2 is 2.29 bits per heavy atom. The van der Waals surface area contributed by atoms with E-state index < -0.39 is 16.6 Å². The Morgan fingerprint density at radius 3 is 2.86 bits per heavy atom. The third-order valence-electron chi connectivity index (χ3n) is 2.84. The van der Waals surface area contributed by atoms with Crippen LogP contribution in [0.1, 0.15) is 20.9 Å². The van der Waals surface area contributed by atoms with Gasteiger partial charge in [-0.15, -0.1) is 11.3 Å². The van der Waals surface area contributed by atoms with Crippen LogP contribution < -0.4 is 4.74 Å². The van der Waals surface area contributed by atoms with Crippen molar-refractivity contribution in [1.82, 2.24) is 4.98 Å². The largest absolute Gasteiger partial charge is 0.486 e. The molecule has 0 saturated heterocycles. The standard InChI is InChI=1S/C13H12N2O5S/c1-8-11(21-7-14-8)5-6-20-10-4-2-3-9(13(16)17)12(10)15(18)19/h2-4,7H,5-6H2,1H3,(H,16,17). The number of aromatic nitrogens is 1. The van der Waals surface area contributed by atoms with Crippen molar-refractivity contribution in [2.45, 2.75) is 13.3 Å². The van der Waals surface area contributed by atoms with E-state index >= 15 is 0 Å². The van der Waals surface area contributed by atoms with E-state index in [1.54, 1.807) is 5.51 Å². The zero-order valence-electron chi connectivity index (χ0n) is 11.1. The first kappa shape index (κ1) is 14.9. The fraction of sp³-hybridized carbons (Fsp3) is 0.231. The van der Waals surface area contributed by atoms with Crippen LogP contribution in [0, 0.1) is 17.0 Å². The van der Waals surface area contributed by atoms with Gasteiger partial charge in [-0.25, -0.2) is 9.78 Å². The Kier molecular flexibility index (Phi) is 4.49. The van der Waals surface area contributed by atoms with Crippen LogP contribution in [0.2, 0.25) is 0 Å². The first-order valence-electron chi connectivity index (χ1n) is 6.03. The average molecular weight is 308 g/mol. The molecular weight excluding hydrogens is 296 g/mol. The summed E-state index contributed by atoms with van der Waals surface area (Å²) in [6.07, 6.45) is 0.560. The molecule has 0 amide bonds. The van der Waals surface area contributed by atoms with Crippen LogP contribution in [0.3, 0.4) is 0 Å². The van der Waals surface area contributed by atoms with Crippen molar-refractivity contribution in [1.29, 1.82) is 0 Å². The van der Waals surface area contributed by atoms with Crippen molar-refractivity contribution in [3.8, 4) is 5.75 Å². The highest BCUT2D eigenvalue weighted by atomic mass is 32.1. The highest BCUT2D eigenvalue weighted by molar-refractivity contribution is 7.09. The van der Waals surface area contributed by atoms with E-state index in [2.05, 4.69) is 4.98 Å². The monoisotopic (exact) mass is 308 g/mol. The predicted octanol–water partition coefficient (Wildman–Crippen LogP) is 2.68. The van der Waals surface area contributed by atoms with Crippen molar-refractivity contribution in [3.05, 3.63) is 50.0 Å². The smallest absolute Gasteiger partial charge is 0.342 e. The van der Waals surface area contributed by atoms with E-state index in [4.69, 9.17) is 9.84 Å². The molecule has 2 aromatic rings. The molecule has 21 heavy (non-hydrogen) atoms. The molecule has 110 valence electrons. The van der Waals surface area contributed by atoms with Crippen LogP contribution in [0.5, 0.6) is 5.75 Å². The molecule has 8 heteroatoms. The quantitative estimate of drug-likeness (QED) is 0.650. The van der Waals surface area contributed by atoms with Gasteiger partial charge in [0.2, 0.25) is 0 Å². The maximum absolute atomic E-state index is 11.0. The number of nitro groups is 1. The summed E-state index contributed by atoms with van der Waals surface area (Å²) in [7, 11) is 0. The Labute approximate surface area is 124 Å². The second kappa shape index (κ2) is 6.31. The van der Waals surface area contributed by atoms with Crippen molar-refractivity contribution in [3.63, 3.8) is 0 Å². The third kappa shape index (κ3) is 3.34. The Hall–Kier alpha value is -2.48. The highest BCUT2D eigenvalue weighted by Gasteiger charge is 2.25. The minimum atomic E-state index is -1.36. The summed E-state index contributed by atoms with van der Waals surface area (Å²) in [4.78, 5) is 26.5. The van der Waals surface area contributed by atoms with Gasteiger partial charge in [0.15, 0.2) is 5.75 Å². The van der Waals surface area contributed by atoms with Gasteiger partial charge in [-0.1, -0.05) is 6.07 Å². The topological polar surface area (TPSA) is 103 Å². The number of benzene rings is 1. The first-order valence-corrected chi connectivity index (χ1v) is 6.91. The number of rotatable bonds is 6. The summed E-state index contributed by atoms with van der Waals surface area (Å²) in [5.74, 6) is -1.40. The Bertz CT molecular complexity index is 683. The van der Waals surface area contributed by atoms with Gasteiger partial charge in [-0.3, -0.25) is 10.1 Å². The fourth-order valence-electron chi connectivity index (χ4n) is 1.82. The molecule has 0 aliphatic carbocycles. The number of carboxylic acid groups (broad SMARTS) is 1. The number of para-hydroxylation sites is 1. The number of hydrogen-bond acceptors (Lipinski definition) is 6. The molecule has 7 nitrogen and oxygen atoms in total. The number of aromatic carboxylic acids is 1. The summed E-state index contributed by atoms with van der Waals surface area (Å²) in [6.45, 7) is 2.09. The van der Waals surface area contributed by atoms with Crippen molar-refractivity contribution >= 4 is 23.0 Å². The van der Waals surface area contributed by atoms with Gasteiger partial charge in [0.05, 0.1) is 22.7 Å².